The lowest BCUT2D eigenvalue weighted by Gasteiger charge is -2.42. The zero-order chi connectivity index (χ0) is 24.9. The first-order chi connectivity index (χ1) is 17.0. The number of carbonyl (C=O) groups is 2. The van der Waals surface area contributed by atoms with Crippen LogP contribution in [0.3, 0.4) is 0 Å². The number of nitrogens with one attached hydrogen (secondary N) is 1. The lowest BCUT2D eigenvalue weighted by molar-refractivity contribution is -0.277. The number of para-hydroxylation sites is 1. The van der Waals surface area contributed by atoms with Crippen LogP contribution in [0.5, 0.6) is 5.75 Å². The summed E-state index contributed by atoms with van der Waals surface area (Å²) in [6.07, 6.45) is 0.911. The molecular weight excluding hydrogens is 450 g/mol. The van der Waals surface area contributed by atoms with Crippen LogP contribution < -0.4 is 10.1 Å². The summed E-state index contributed by atoms with van der Waals surface area (Å²) in [7, 11) is 0. The molecule has 0 aromatic heterocycles. The number of rotatable bonds is 8. The Balaban J connectivity index is 0.000000509. The fraction of sp³-hybridized carbons (Fsp3) is 0.259. The average Bonchev–Trinajstić information content (AvgIpc) is 2.90. The van der Waals surface area contributed by atoms with Crippen LogP contribution in [-0.2, 0) is 24.8 Å². The van der Waals surface area contributed by atoms with E-state index in [2.05, 4.69) is 29.6 Å². The number of ether oxygens (including phenoxy) is 3. The molecule has 8 nitrogen and oxygen atoms in total. The van der Waals surface area contributed by atoms with Gasteiger partial charge in [-0.2, -0.15) is 0 Å². The van der Waals surface area contributed by atoms with Crippen molar-refractivity contribution in [3.63, 3.8) is 0 Å². The fourth-order valence-corrected chi connectivity index (χ4v) is 3.61. The number of carboxylic acid groups (broad SMARTS) is 2. The van der Waals surface area contributed by atoms with E-state index in [1.807, 2.05) is 66.7 Å². The van der Waals surface area contributed by atoms with Gasteiger partial charge in [0.1, 0.15) is 12.4 Å². The first-order valence-corrected chi connectivity index (χ1v) is 11.3. The third kappa shape index (κ3) is 7.65. The molecule has 1 atom stereocenters. The van der Waals surface area contributed by atoms with E-state index in [1.165, 1.54) is 0 Å². The van der Waals surface area contributed by atoms with Crippen LogP contribution >= 0.6 is 0 Å². The van der Waals surface area contributed by atoms with Gasteiger partial charge < -0.3 is 29.7 Å². The summed E-state index contributed by atoms with van der Waals surface area (Å²) >= 11 is 0. The normalized spacial score (nSPS) is 16.4. The van der Waals surface area contributed by atoms with Gasteiger partial charge in [0.25, 0.3) is 0 Å². The molecule has 3 N–H and O–H groups in total. The van der Waals surface area contributed by atoms with Crippen molar-refractivity contribution in [2.24, 2.45) is 0 Å². The molecule has 1 aliphatic rings. The molecule has 0 saturated carbocycles. The predicted molar refractivity (Wildman–Crippen MR) is 129 cm³/mol. The van der Waals surface area contributed by atoms with Crippen molar-refractivity contribution in [1.29, 1.82) is 0 Å². The van der Waals surface area contributed by atoms with Crippen molar-refractivity contribution >= 4 is 11.9 Å². The lowest BCUT2D eigenvalue weighted by Crippen LogP contribution is -2.47. The van der Waals surface area contributed by atoms with E-state index < -0.39 is 17.7 Å². The second kappa shape index (κ2) is 13.2. The average molecular weight is 480 g/mol. The van der Waals surface area contributed by atoms with E-state index in [1.54, 1.807) is 0 Å². The Morgan fingerprint density at radius 1 is 0.857 bits per heavy atom. The van der Waals surface area contributed by atoms with Gasteiger partial charge in [0.05, 0.1) is 12.7 Å². The third-order valence-electron chi connectivity index (χ3n) is 5.23. The summed E-state index contributed by atoms with van der Waals surface area (Å²) in [6.45, 7) is 2.79. The zero-order valence-electron chi connectivity index (χ0n) is 19.2. The van der Waals surface area contributed by atoms with Gasteiger partial charge in [0.15, 0.2) is 0 Å². The molecule has 0 aliphatic carbocycles. The molecule has 3 aromatic rings. The minimum absolute atomic E-state index is 0.0564. The van der Waals surface area contributed by atoms with Crippen molar-refractivity contribution < 1.29 is 34.0 Å². The van der Waals surface area contributed by atoms with Gasteiger partial charge in [0.2, 0.25) is 5.79 Å². The molecule has 35 heavy (non-hydrogen) atoms. The quantitative estimate of drug-likeness (QED) is 0.332. The van der Waals surface area contributed by atoms with Gasteiger partial charge in [-0.3, -0.25) is 0 Å². The van der Waals surface area contributed by atoms with E-state index in [-0.39, 0.29) is 6.10 Å². The molecule has 1 heterocycles. The fourth-order valence-electron chi connectivity index (χ4n) is 3.61. The van der Waals surface area contributed by atoms with Gasteiger partial charge in [-0.15, -0.1) is 0 Å². The van der Waals surface area contributed by atoms with Gasteiger partial charge in [-0.25, -0.2) is 9.59 Å². The summed E-state index contributed by atoms with van der Waals surface area (Å²) in [5.74, 6) is -3.62. The molecule has 0 spiro atoms. The number of hydrogen-bond donors (Lipinski definition) is 3. The van der Waals surface area contributed by atoms with Crippen molar-refractivity contribution in [1.82, 2.24) is 5.32 Å². The monoisotopic (exact) mass is 479 g/mol. The summed E-state index contributed by atoms with van der Waals surface area (Å²) < 4.78 is 18.6. The maximum atomic E-state index is 9.10. The number of aliphatic carboxylic acids is 2. The van der Waals surface area contributed by atoms with E-state index in [4.69, 9.17) is 34.0 Å². The number of carboxylic acids is 2. The Hall–Kier alpha value is -3.72. The van der Waals surface area contributed by atoms with Crippen LogP contribution in [-0.4, -0.2) is 54.6 Å². The number of hydrogen-bond acceptors (Lipinski definition) is 6. The standard InChI is InChI=1S/C25H27NO3.C2H2O4/c1-4-10-21(11-5-1)25(22-12-6-2-7-13-22)28-18-16-24(29-25)20-26-17-19-27-23-14-8-3-9-15-23;3-1(4)2(5)6/h1-15,24,26H,16-20H2;(H,3,4)(H,5,6). The third-order valence-corrected chi connectivity index (χ3v) is 5.23. The van der Waals surface area contributed by atoms with Crippen LogP contribution in [0.2, 0.25) is 0 Å². The molecular formula is C27H29NO7. The van der Waals surface area contributed by atoms with Gasteiger partial charge >= 0.3 is 11.9 Å². The van der Waals surface area contributed by atoms with Crippen LogP contribution in [0.1, 0.15) is 17.5 Å². The van der Waals surface area contributed by atoms with Crippen LogP contribution in [0.15, 0.2) is 91.0 Å². The Morgan fingerprint density at radius 2 is 1.37 bits per heavy atom. The van der Waals surface area contributed by atoms with Crippen molar-refractivity contribution in [2.75, 3.05) is 26.3 Å². The Morgan fingerprint density at radius 3 is 1.89 bits per heavy atom. The second-order valence-corrected chi connectivity index (χ2v) is 7.70. The highest BCUT2D eigenvalue weighted by molar-refractivity contribution is 6.27. The lowest BCUT2D eigenvalue weighted by atomic mass is 9.95. The van der Waals surface area contributed by atoms with E-state index in [0.717, 1.165) is 36.4 Å². The Labute approximate surface area is 204 Å². The first-order valence-electron chi connectivity index (χ1n) is 11.3. The minimum atomic E-state index is -1.82. The second-order valence-electron chi connectivity index (χ2n) is 7.70. The summed E-state index contributed by atoms with van der Waals surface area (Å²) in [6, 6.07) is 30.3. The Kier molecular flexibility index (Phi) is 9.80. The van der Waals surface area contributed by atoms with E-state index in [0.29, 0.717) is 13.2 Å². The summed E-state index contributed by atoms with van der Waals surface area (Å²) in [4.78, 5) is 18.2. The molecule has 1 unspecified atom stereocenters. The minimum Gasteiger partial charge on any atom is -0.492 e. The molecule has 1 saturated heterocycles. The first kappa shape index (κ1) is 25.9. The van der Waals surface area contributed by atoms with Gasteiger partial charge in [0, 0.05) is 24.2 Å². The van der Waals surface area contributed by atoms with Gasteiger partial charge in [-0.1, -0.05) is 78.9 Å². The molecule has 1 fully saturated rings. The van der Waals surface area contributed by atoms with E-state index in [9.17, 15) is 0 Å². The highest BCUT2D eigenvalue weighted by Gasteiger charge is 2.41. The van der Waals surface area contributed by atoms with Gasteiger partial charge in [-0.05, 0) is 18.6 Å². The molecule has 3 aromatic carbocycles. The van der Waals surface area contributed by atoms with Crippen LogP contribution in [0.25, 0.3) is 0 Å². The van der Waals surface area contributed by atoms with E-state index >= 15 is 0 Å². The zero-order valence-corrected chi connectivity index (χ0v) is 19.2. The molecule has 1 aliphatic heterocycles. The van der Waals surface area contributed by atoms with Crippen molar-refractivity contribution in [3.8, 4) is 5.75 Å². The maximum absolute atomic E-state index is 9.10. The maximum Gasteiger partial charge on any atom is 0.414 e. The molecule has 0 bridgehead atoms. The Bertz CT molecular complexity index is 993. The molecule has 0 amide bonds. The molecule has 8 heteroatoms. The predicted octanol–water partition coefficient (Wildman–Crippen LogP) is 3.52. The largest absolute Gasteiger partial charge is 0.492 e. The summed E-state index contributed by atoms with van der Waals surface area (Å²) in [5, 5.41) is 18.2. The van der Waals surface area contributed by atoms with Crippen molar-refractivity contribution in [3.05, 3.63) is 102 Å². The summed E-state index contributed by atoms with van der Waals surface area (Å²) in [5.41, 5.74) is 2.03. The topological polar surface area (TPSA) is 114 Å². The molecule has 4 rings (SSSR count). The SMILES string of the molecule is O=C(O)C(=O)O.c1ccc(OCCNCC2CCOC(c3ccccc3)(c3ccccc3)O2)cc1. The smallest absolute Gasteiger partial charge is 0.414 e. The molecule has 184 valence electrons. The highest BCUT2D eigenvalue weighted by Crippen LogP contribution is 2.39. The highest BCUT2D eigenvalue weighted by atomic mass is 16.7. The molecule has 0 radical (unpaired) electrons. The van der Waals surface area contributed by atoms with Crippen LogP contribution in [0.4, 0.5) is 0 Å². The number of benzene rings is 3. The van der Waals surface area contributed by atoms with Crippen molar-refractivity contribution in [2.45, 2.75) is 18.3 Å². The van der Waals surface area contributed by atoms with Crippen LogP contribution in [0, 0.1) is 0 Å².